The Balaban J connectivity index is 1.94. The summed E-state index contributed by atoms with van der Waals surface area (Å²) in [5, 5.41) is 3.22. The average molecular weight is 282 g/mol. The summed E-state index contributed by atoms with van der Waals surface area (Å²) in [6.45, 7) is 4.39. The minimum absolute atomic E-state index is 0.0832. The summed E-state index contributed by atoms with van der Waals surface area (Å²) in [4.78, 5) is 12.9. The molecule has 2 aliphatic carbocycles. The van der Waals surface area contributed by atoms with Crippen LogP contribution in [0, 0.1) is 17.3 Å². The van der Waals surface area contributed by atoms with Gasteiger partial charge in [-0.15, -0.1) is 0 Å². The zero-order valence-corrected chi connectivity index (χ0v) is 12.9. The molecule has 0 saturated heterocycles. The number of thiocarbonyl (C=S) groups is 1. The molecule has 2 fully saturated rings. The Hall–Kier alpha value is -0.640. The molecule has 0 aliphatic heterocycles. The summed E-state index contributed by atoms with van der Waals surface area (Å²) < 4.78 is 0. The molecule has 2 atom stereocenters. The van der Waals surface area contributed by atoms with Crippen molar-refractivity contribution in [3.05, 3.63) is 0 Å². The van der Waals surface area contributed by atoms with Gasteiger partial charge in [0.2, 0.25) is 5.91 Å². The first kappa shape index (κ1) is 14.8. The molecule has 108 valence electrons. The van der Waals surface area contributed by atoms with Gasteiger partial charge in [-0.1, -0.05) is 45.3 Å². The number of carbonyl (C=O) groups is 1. The predicted molar refractivity (Wildman–Crippen MR) is 81.8 cm³/mol. The normalized spacial score (nSPS) is 38.3. The van der Waals surface area contributed by atoms with Crippen LogP contribution in [0.15, 0.2) is 0 Å². The van der Waals surface area contributed by atoms with Gasteiger partial charge in [0.25, 0.3) is 0 Å². The van der Waals surface area contributed by atoms with Crippen molar-refractivity contribution < 1.29 is 4.79 Å². The van der Waals surface area contributed by atoms with Crippen LogP contribution < -0.4 is 11.1 Å². The van der Waals surface area contributed by atoms with Crippen molar-refractivity contribution in [2.45, 2.75) is 64.8 Å². The third-order valence-electron chi connectivity index (χ3n) is 5.00. The first-order chi connectivity index (χ1) is 8.98. The monoisotopic (exact) mass is 282 g/mol. The van der Waals surface area contributed by atoms with Crippen LogP contribution in [0.5, 0.6) is 0 Å². The van der Waals surface area contributed by atoms with E-state index in [0.29, 0.717) is 16.9 Å². The molecule has 0 aromatic rings. The Labute approximate surface area is 121 Å². The van der Waals surface area contributed by atoms with Gasteiger partial charge in [0.05, 0.1) is 10.4 Å². The third kappa shape index (κ3) is 2.93. The number of nitrogens with two attached hydrogens (primary N) is 1. The second-order valence-electron chi connectivity index (χ2n) is 6.57. The molecule has 0 aromatic heterocycles. The summed E-state index contributed by atoms with van der Waals surface area (Å²) in [6.07, 6.45) is 7.59. The third-order valence-corrected chi connectivity index (χ3v) is 5.39. The molecule has 0 spiro atoms. The molecule has 0 bridgehead atoms. The number of amides is 1. The van der Waals surface area contributed by atoms with Crippen molar-refractivity contribution in [3.8, 4) is 0 Å². The van der Waals surface area contributed by atoms with Crippen LogP contribution in [0.1, 0.15) is 58.8 Å². The lowest BCUT2D eigenvalue weighted by Gasteiger charge is -2.45. The molecule has 2 saturated carbocycles. The fraction of sp³-hybridized carbons (Fsp3) is 0.867. The largest absolute Gasteiger partial charge is 0.392 e. The maximum Gasteiger partial charge on any atom is 0.233 e. The van der Waals surface area contributed by atoms with Gasteiger partial charge in [0.1, 0.15) is 0 Å². The van der Waals surface area contributed by atoms with E-state index in [2.05, 4.69) is 19.2 Å². The van der Waals surface area contributed by atoms with Gasteiger partial charge in [-0.05, 0) is 37.5 Å². The van der Waals surface area contributed by atoms with Crippen LogP contribution in [-0.4, -0.2) is 16.9 Å². The topological polar surface area (TPSA) is 55.1 Å². The van der Waals surface area contributed by atoms with Gasteiger partial charge >= 0.3 is 0 Å². The van der Waals surface area contributed by atoms with Crippen molar-refractivity contribution in [1.82, 2.24) is 5.32 Å². The summed E-state index contributed by atoms with van der Waals surface area (Å²) in [7, 11) is 0. The highest BCUT2D eigenvalue weighted by molar-refractivity contribution is 7.80. The molecule has 19 heavy (non-hydrogen) atoms. The van der Waals surface area contributed by atoms with E-state index >= 15 is 0 Å². The Morgan fingerprint density at radius 1 is 1.42 bits per heavy atom. The van der Waals surface area contributed by atoms with E-state index in [-0.39, 0.29) is 5.91 Å². The predicted octanol–water partition coefficient (Wildman–Crippen LogP) is 2.77. The molecule has 2 rings (SSSR count). The van der Waals surface area contributed by atoms with Crippen molar-refractivity contribution in [2.75, 3.05) is 0 Å². The molecule has 2 aliphatic rings. The molecule has 4 heteroatoms. The fourth-order valence-corrected chi connectivity index (χ4v) is 4.00. The Morgan fingerprint density at radius 3 is 2.63 bits per heavy atom. The van der Waals surface area contributed by atoms with Crippen LogP contribution in [-0.2, 0) is 4.79 Å². The average Bonchev–Trinajstić information content (AvgIpc) is 2.34. The minimum atomic E-state index is -0.548. The van der Waals surface area contributed by atoms with Crippen LogP contribution in [0.4, 0.5) is 0 Å². The van der Waals surface area contributed by atoms with Crippen LogP contribution in [0.3, 0.4) is 0 Å². The number of carbonyl (C=O) groups excluding carboxylic acids is 1. The molecule has 2 unspecified atom stereocenters. The molecule has 3 N–H and O–H groups in total. The van der Waals surface area contributed by atoms with Crippen molar-refractivity contribution in [3.63, 3.8) is 0 Å². The van der Waals surface area contributed by atoms with Gasteiger partial charge < -0.3 is 11.1 Å². The van der Waals surface area contributed by atoms with Crippen molar-refractivity contribution >= 4 is 23.1 Å². The zero-order chi connectivity index (χ0) is 14.0. The molecule has 1 amide bonds. The molecule has 0 aromatic carbocycles. The van der Waals surface area contributed by atoms with Gasteiger partial charge in [0, 0.05) is 6.04 Å². The lowest BCUT2D eigenvalue weighted by Crippen LogP contribution is -2.58. The van der Waals surface area contributed by atoms with E-state index in [1.165, 1.54) is 19.3 Å². The smallest absolute Gasteiger partial charge is 0.233 e. The van der Waals surface area contributed by atoms with Gasteiger partial charge in [-0.3, -0.25) is 4.79 Å². The van der Waals surface area contributed by atoms with Gasteiger partial charge in [-0.25, -0.2) is 0 Å². The first-order valence-corrected chi connectivity index (χ1v) is 7.99. The first-order valence-electron chi connectivity index (χ1n) is 7.58. The van der Waals surface area contributed by atoms with Crippen molar-refractivity contribution in [2.24, 2.45) is 23.0 Å². The molecular formula is C15H26N2OS. The maximum atomic E-state index is 12.5. The van der Waals surface area contributed by atoms with Crippen molar-refractivity contribution in [1.29, 1.82) is 0 Å². The molecule has 3 nitrogen and oxygen atoms in total. The Morgan fingerprint density at radius 2 is 2.11 bits per heavy atom. The summed E-state index contributed by atoms with van der Waals surface area (Å²) in [5.41, 5.74) is 5.28. The Bertz CT molecular complexity index is 363. The zero-order valence-electron chi connectivity index (χ0n) is 12.1. The van der Waals surface area contributed by atoms with E-state index < -0.39 is 5.41 Å². The highest BCUT2D eigenvalue weighted by atomic mass is 32.1. The summed E-state index contributed by atoms with van der Waals surface area (Å²) >= 11 is 5.14. The Kier molecular flexibility index (Phi) is 4.49. The van der Waals surface area contributed by atoms with E-state index in [0.717, 1.165) is 31.6 Å². The highest BCUT2D eigenvalue weighted by Gasteiger charge is 2.51. The minimum Gasteiger partial charge on any atom is -0.392 e. The quantitative estimate of drug-likeness (QED) is 0.780. The van der Waals surface area contributed by atoms with Crippen LogP contribution >= 0.6 is 12.2 Å². The second-order valence-corrected chi connectivity index (χ2v) is 7.01. The van der Waals surface area contributed by atoms with Gasteiger partial charge in [-0.2, -0.15) is 0 Å². The lowest BCUT2D eigenvalue weighted by molar-refractivity contribution is -0.134. The van der Waals surface area contributed by atoms with E-state index in [9.17, 15) is 4.79 Å². The molecular weight excluding hydrogens is 256 g/mol. The number of hydrogen-bond acceptors (Lipinski definition) is 2. The lowest BCUT2D eigenvalue weighted by atomic mass is 9.61. The maximum absolute atomic E-state index is 12.5. The van der Waals surface area contributed by atoms with Crippen LogP contribution in [0.25, 0.3) is 0 Å². The molecule has 0 heterocycles. The SMILES string of the molecule is CCC1CCCC(NC(=O)C2(C(N)=S)CC(C)C2)C1. The second kappa shape index (κ2) is 5.78. The van der Waals surface area contributed by atoms with Gasteiger partial charge in [0.15, 0.2) is 0 Å². The van der Waals surface area contributed by atoms with Crippen LogP contribution in [0.2, 0.25) is 0 Å². The standard InChI is InChI=1S/C15H26N2OS/c1-3-11-5-4-6-12(7-11)17-14(18)15(13(16)19)8-10(2)9-15/h10-12H,3-9H2,1-2H3,(H2,16,19)(H,17,18). The van der Waals surface area contributed by atoms with E-state index in [1.807, 2.05) is 0 Å². The number of rotatable bonds is 4. The molecule has 0 radical (unpaired) electrons. The summed E-state index contributed by atoms with van der Waals surface area (Å²) in [6, 6.07) is 0.327. The number of nitrogens with one attached hydrogen (secondary N) is 1. The van der Waals surface area contributed by atoms with E-state index in [4.69, 9.17) is 18.0 Å². The fourth-order valence-electron chi connectivity index (χ4n) is 3.74. The number of hydrogen-bond donors (Lipinski definition) is 2. The summed E-state index contributed by atoms with van der Waals surface area (Å²) in [5.74, 6) is 1.40. The van der Waals surface area contributed by atoms with E-state index in [1.54, 1.807) is 0 Å². The highest BCUT2D eigenvalue weighted by Crippen LogP contribution is 2.46.